The highest BCUT2D eigenvalue weighted by molar-refractivity contribution is 7.89. The van der Waals surface area contributed by atoms with E-state index < -0.39 is 46.6 Å². The number of carboxylic acid groups (broad SMARTS) is 1. The maximum Gasteiger partial charge on any atom is 0.490 e. The first-order valence-electron chi connectivity index (χ1n) is 15.6. The van der Waals surface area contributed by atoms with E-state index >= 15 is 0 Å². The van der Waals surface area contributed by atoms with E-state index in [0.29, 0.717) is 28.7 Å². The maximum absolute atomic E-state index is 14.2. The Morgan fingerprint density at radius 2 is 1.69 bits per heavy atom. The van der Waals surface area contributed by atoms with Crippen molar-refractivity contribution >= 4 is 44.4 Å². The predicted molar refractivity (Wildman–Crippen MR) is 182 cm³/mol. The van der Waals surface area contributed by atoms with Crippen molar-refractivity contribution in [2.75, 3.05) is 26.7 Å². The van der Waals surface area contributed by atoms with Crippen molar-refractivity contribution in [2.45, 2.75) is 36.5 Å². The number of amidine groups is 1. The van der Waals surface area contributed by atoms with E-state index in [1.54, 1.807) is 59.5 Å². The van der Waals surface area contributed by atoms with Gasteiger partial charge in [0.2, 0.25) is 21.8 Å². The number of hydrogen-bond donors (Lipinski definition) is 4. The van der Waals surface area contributed by atoms with Gasteiger partial charge in [0.1, 0.15) is 23.4 Å². The SMILES string of the molecule is COc1ccc2ccc(S(=O)(=O)N(CC(=O)NCCc3cccc(F)c3)[C@H]3CCN(Cc4cccc(C(=N)N)c4)C3=O)cc2c1.O=C(O)C(F)(F)F. The number of amides is 2. The molecule has 4 aromatic rings. The number of ether oxygens (including phenoxy) is 1. The lowest BCUT2D eigenvalue weighted by molar-refractivity contribution is -0.192. The number of methoxy groups -OCH3 is 1. The number of carbonyl (C=O) groups is 3. The molecule has 1 aliphatic rings. The quantitative estimate of drug-likeness (QED) is 0.0952. The molecular weight excluding hydrogens is 710 g/mol. The molecule has 1 aliphatic heterocycles. The van der Waals surface area contributed by atoms with Gasteiger partial charge >= 0.3 is 12.1 Å². The van der Waals surface area contributed by atoms with Crippen LogP contribution in [0.15, 0.2) is 89.8 Å². The summed E-state index contributed by atoms with van der Waals surface area (Å²) in [6, 6.07) is 21.8. The Labute approximate surface area is 296 Å². The van der Waals surface area contributed by atoms with Crippen molar-refractivity contribution in [3.8, 4) is 5.75 Å². The second kappa shape index (κ2) is 16.6. The van der Waals surface area contributed by atoms with Gasteiger partial charge < -0.3 is 25.8 Å². The number of fused-ring (bicyclic) bond motifs is 1. The molecule has 17 heteroatoms. The number of halogens is 4. The van der Waals surface area contributed by atoms with Crippen molar-refractivity contribution in [3.05, 3.63) is 107 Å². The van der Waals surface area contributed by atoms with Crippen LogP contribution in [0.25, 0.3) is 10.8 Å². The largest absolute Gasteiger partial charge is 0.497 e. The average molecular weight is 746 g/mol. The van der Waals surface area contributed by atoms with Crippen LogP contribution in [0.5, 0.6) is 5.75 Å². The molecule has 5 N–H and O–H groups in total. The fourth-order valence-electron chi connectivity index (χ4n) is 5.43. The summed E-state index contributed by atoms with van der Waals surface area (Å²) in [7, 11) is -2.81. The number of aliphatic carboxylic acids is 1. The van der Waals surface area contributed by atoms with Gasteiger partial charge in [-0.3, -0.25) is 15.0 Å². The third kappa shape index (κ3) is 10.0. The van der Waals surface area contributed by atoms with E-state index in [1.165, 1.54) is 31.4 Å². The summed E-state index contributed by atoms with van der Waals surface area (Å²) in [4.78, 5) is 37.3. The van der Waals surface area contributed by atoms with Crippen LogP contribution in [0.4, 0.5) is 17.6 Å². The van der Waals surface area contributed by atoms with Crippen LogP contribution >= 0.6 is 0 Å². The lowest BCUT2D eigenvalue weighted by atomic mass is 10.1. The number of likely N-dealkylation sites (tertiary alicyclic amines) is 1. The molecule has 1 fully saturated rings. The van der Waals surface area contributed by atoms with Crippen LogP contribution in [0.3, 0.4) is 0 Å². The summed E-state index contributed by atoms with van der Waals surface area (Å²) in [6.45, 7) is 0.0464. The van der Waals surface area contributed by atoms with E-state index in [-0.39, 0.29) is 42.6 Å². The molecule has 276 valence electrons. The number of alkyl halides is 3. The Morgan fingerprint density at radius 3 is 2.35 bits per heavy atom. The molecule has 2 amide bonds. The van der Waals surface area contributed by atoms with Gasteiger partial charge in [-0.2, -0.15) is 17.5 Å². The first-order valence-corrected chi connectivity index (χ1v) is 17.1. The highest BCUT2D eigenvalue weighted by Crippen LogP contribution is 2.29. The van der Waals surface area contributed by atoms with Crippen LogP contribution < -0.4 is 15.8 Å². The minimum atomic E-state index is -5.08. The number of nitrogens with two attached hydrogens (primary N) is 1. The van der Waals surface area contributed by atoms with Gasteiger partial charge in [-0.05, 0) is 77.2 Å². The van der Waals surface area contributed by atoms with E-state index in [2.05, 4.69) is 5.32 Å². The molecule has 1 atom stereocenters. The van der Waals surface area contributed by atoms with E-state index in [1.807, 2.05) is 6.07 Å². The van der Waals surface area contributed by atoms with Gasteiger partial charge in [0.25, 0.3) is 0 Å². The Kier molecular flexibility index (Phi) is 12.6. The zero-order valence-electron chi connectivity index (χ0n) is 27.7. The zero-order chi connectivity index (χ0) is 38.2. The van der Waals surface area contributed by atoms with Gasteiger partial charge in [0.05, 0.1) is 18.6 Å². The van der Waals surface area contributed by atoms with Crippen molar-refractivity contribution < 1.29 is 50.2 Å². The molecule has 0 bridgehead atoms. The normalized spacial score (nSPS) is 14.5. The molecule has 0 saturated carbocycles. The van der Waals surface area contributed by atoms with Gasteiger partial charge in [-0.1, -0.05) is 42.5 Å². The third-order valence-electron chi connectivity index (χ3n) is 8.02. The number of carboxylic acids is 1. The monoisotopic (exact) mass is 745 g/mol. The highest BCUT2D eigenvalue weighted by Gasteiger charge is 2.43. The summed E-state index contributed by atoms with van der Waals surface area (Å²) in [6.07, 6.45) is -4.55. The first-order chi connectivity index (χ1) is 24.5. The number of carbonyl (C=O) groups excluding carboxylic acids is 2. The molecule has 0 aromatic heterocycles. The molecule has 0 spiro atoms. The third-order valence-corrected chi connectivity index (χ3v) is 9.87. The first kappa shape index (κ1) is 39.2. The minimum Gasteiger partial charge on any atom is -0.497 e. The number of sulfonamides is 1. The molecule has 0 radical (unpaired) electrons. The molecule has 1 saturated heterocycles. The molecular formula is C35H35F4N5O7S. The summed E-state index contributed by atoms with van der Waals surface area (Å²) in [5.41, 5.74) is 7.56. The maximum atomic E-state index is 14.2. The summed E-state index contributed by atoms with van der Waals surface area (Å²) in [5.74, 6) is -3.70. The van der Waals surface area contributed by atoms with Crippen molar-refractivity contribution in [1.82, 2.24) is 14.5 Å². The summed E-state index contributed by atoms with van der Waals surface area (Å²) in [5, 5.41) is 19.0. The fourth-order valence-corrected chi connectivity index (χ4v) is 7.03. The lowest BCUT2D eigenvalue weighted by Gasteiger charge is -2.27. The molecule has 12 nitrogen and oxygen atoms in total. The second-order valence-electron chi connectivity index (χ2n) is 11.6. The van der Waals surface area contributed by atoms with Crippen molar-refractivity contribution in [3.63, 3.8) is 0 Å². The van der Waals surface area contributed by atoms with Crippen LogP contribution in [-0.4, -0.2) is 85.3 Å². The topological polar surface area (TPSA) is 183 Å². The predicted octanol–water partition coefficient (Wildman–Crippen LogP) is 4.06. The van der Waals surface area contributed by atoms with Crippen LogP contribution in [0, 0.1) is 11.2 Å². The Balaban J connectivity index is 0.000000785. The molecule has 1 heterocycles. The Bertz CT molecular complexity index is 2080. The highest BCUT2D eigenvalue weighted by atomic mass is 32.2. The van der Waals surface area contributed by atoms with Gasteiger partial charge in [0.15, 0.2) is 0 Å². The molecule has 4 aromatic carbocycles. The van der Waals surface area contributed by atoms with E-state index in [4.69, 9.17) is 25.8 Å². The molecule has 0 unspecified atom stereocenters. The minimum absolute atomic E-state index is 0.0591. The van der Waals surface area contributed by atoms with Crippen LogP contribution in [0.1, 0.15) is 23.1 Å². The molecule has 52 heavy (non-hydrogen) atoms. The molecule has 5 rings (SSSR count). The lowest BCUT2D eigenvalue weighted by Crippen LogP contribution is -2.49. The number of nitrogen functional groups attached to an aromatic ring is 1. The standard InChI is InChI=1S/C33H34FN5O5S.C2HF3O2/c1-44-28-10-8-24-9-11-29(19-26(24)18-28)45(42,43)39(21-31(40)37-14-12-22-4-3-7-27(34)17-22)30-13-15-38(33(30)41)20-23-5-2-6-25(16-23)32(35)36;3-2(4,5)1(6)7/h2-11,16-19,30H,12-15,20-21H2,1H3,(H3,35,36)(H,37,40);(H,6,7)/t30-;/m0./s1. The number of hydrogen-bond acceptors (Lipinski definition) is 7. The van der Waals surface area contributed by atoms with Gasteiger partial charge in [-0.25, -0.2) is 17.6 Å². The fraction of sp³-hybridized carbons (Fsp3) is 0.257. The van der Waals surface area contributed by atoms with E-state index in [0.717, 1.165) is 15.3 Å². The summed E-state index contributed by atoms with van der Waals surface area (Å²) < 4.78 is 79.9. The number of nitrogens with zero attached hydrogens (tertiary/aromatic N) is 2. The Morgan fingerprint density at radius 1 is 1.02 bits per heavy atom. The molecule has 0 aliphatic carbocycles. The number of rotatable bonds is 12. The smallest absolute Gasteiger partial charge is 0.490 e. The van der Waals surface area contributed by atoms with Crippen molar-refractivity contribution in [1.29, 1.82) is 5.41 Å². The number of benzene rings is 4. The Hall–Kier alpha value is -5.55. The van der Waals surface area contributed by atoms with E-state index in [9.17, 15) is 35.6 Å². The van der Waals surface area contributed by atoms with Gasteiger partial charge in [-0.15, -0.1) is 0 Å². The summed E-state index contributed by atoms with van der Waals surface area (Å²) >= 11 is 0. The average Bonchev–Trinajstić information content (AvgIpc) is 3.45. The van der Waals surface area contributed by atoms with Gasteiger partial charge in [0, 0.05) is 25.2 Å². The zero-order valence-corrected chi connectivity index (χ0v) is 28.5. The van der Waals surface area contributed by atoms with Crippen LogP contribution in [0.2, 0.25) is 0 Å². The number of nitrogens with one attached hydrogen (secondary N) is 2. The van der Waals surface area contributed by atoms with Crippen molar-refractivity contribution in [2.24, 2.45) is 5.73 Å². The van der Waals surface area contributed by atoms with Crippen LogP contribution in [-0.2, 0) is 37.4 Å². The second-order valence-corrected chi connectivity index (χ2v) is 13.5.